The van der Waals surface area contributed by atoms with Crippen LogP contribution in [-0.2, 0) is 16.1 Å². The maximum absolute atomic E-state index is 14.2. The molecule has 1 N–H and O–H groups in total. The number of carbonyl (C=O) groups excluding carboxylic acids is 2. The third-order valence-electron chi connectivity index (χ3n) is 5.27. The third kappa shape index (κ3) is 4.57. The van der Waals surface area contributed by atoms with Gasteiger partial charge in [-0.25, -0.2) is 4.39 Å². The second kappa shape index (κ2) is 9.56. The van der Waals surface area contributed by atoms with Crippen molar-refractivity contribution < 1.29 is 23.5 Å². The van der Waals surface area contributed by atoms with E-state index in [0.717, 1.165) is 4.90 Å². The first-order chi connectivity index (χ1) is 16.0. The van der Waals surface area contributed by atoms with Crippen LogP contribution in [0, 0.1) is 5.82 Å². The van der Waals surface area contributed by atoms with Crippen LogP contribution in [0.3, 0.4) is 0 Å². The Bertz CT molecular complexity index is 1200. The molecule has 3 aromatic rings. The van der Waals surface area contributed by atoms with Crippen LogP contribution in [0.25, 0.3) is 5.57 Å². The third-order valence-corrected chi connectivity index (χ3v) is 5.27. The molecule has 1 aliphatic heterocycles. The van der Waals surface area contributed by atoms with Gasteiger partial charge in [-0.15, -0.1) is 0 Å². The Labute approximate surface area is 191 Å². The van der Waals surface area contributed by atoms with Gasteiger partial charge >= 0.3 is 0 Å². The zero-order valence-electron chi connectivity index (χ0n) is 18.3. The predicted molar refractivity (Wildman–Crippen MR) is 123 cm³/mol. The summed E-state index contributed by atoms with van der Waals surface area (Å²) < 4.78 is 24.9. The lowest BCUT2D eigenvalue weighted by molar-refractivity contribution is -0.137. The molecule has 33 heavy (non-hydrogen) atoms. The van der Waals surface area contributed by atoms with Crippen LogP contribution >= 0.6 is 0 Å². The fourth-order valence-corrected chi connectivity index (χ4v) is 3.60. The van der Waals surface area contributed by atoms with E-state index in [2.05, 4.69) is 5.32 Å². The standard InChI is InChI=1S/C26H23FN2O4/c1-3-33-21-12-8-17(9-13-21)23-24(28-19-10-14-20(32-2)15-11-19)26(31)29(25(23)30)16-18-6-4-5-7-22(18)27/h4-15,28H,3,16H2,1-2H3. The van der Waals surface area contributed by atoms with Crippen LogP contribution < -0.4 is 14.8 Å². The van der Waals surface area contributed by atoms with Crippen molar-refractivity contribution in [2.45, 2.75) is 13.5 Å². The van der Waals surface area contributed by atoms with Crippen molar-refractivity contribution in [1.29, 1.82) is 0 Å². The number of hydrogen-bond donors (Lipinski definition) is 1. The second-order valence-corrected chi connectivity index (χ2v) is 7.35. The summed E-state index contributed by atoms with van der Waals surface area (Å²) in [4.78, 5) is 27.8. The number of carbonyl (C=O) groups is 2. The average molecular weight is 446 g/mol. The maximum atomic E-state index is 14.2. The molecule has 6 nitrogen and oxygen atoms in total. The van der Waals surface area contributed by atoms with E-state index < -0.39 is 17.6 Å². The lowest BCUT2D eigenvalue weighted by atomic mass is 10.0. The lowest BCUT2D eigenvalue weighted by Crippen LogP contribution is -2.32. The van der Waals surface area contributed by atoms with E-state index in [9.17, 15) is 14.0 Å². The molecule has 2 amide bonds. The number of imide groups is 1. The zero-order chi connectivity index (χ0) is 23.4. The highest BCUT2D eigenvalue weighted by molar-refractivity contribution is 6.36. The molecular weight excluding hydrogens is 423 g/mol. The van der Waals surface area contributed by atoms with E-state index in [4.69, 9.17) is 9.47 Å². The highest BCUT2D eigenvalue weighted by atomic mass is 19.1. The Balaban J connectivity index is 1.72. The SMILES string of the molecule is CCOc1ccc(C2=C(Nc3ccc(OC)cc3)C(=O)N(Cc3ccccc3F)C2=O)cc1. The highest BCUT2D eigenvalue weighted by Gasteiger charge is 2.39. The van der Waals surface area contributed by atoms with E-state index in [1.165, 1.54) is 6.07 Å². The first-order valence-electron chi connectivity index (χ1n) is 10.5. The molecule has 0 saturated heterocycles. The van der Waals surface area contributed by atoms with Crippen molar-refractivity contribution in [2.75, 3.05) is 19.0 Å². The van der Waals surface area contributed by atoms with Crippen LogP contribution in [0.5, 0.6) is 11.5 Å². The summed E-state index contributed by atoms with van der Waals surface area (Å²) in [6, 6.07) is 20.0. The summed E-state index contributed by atoms with van der Waals surface area (Å²) in [5.41, 5.74) is 1.78. The van der Waals surface area contributed by atoms with Gasteiger partial charge in [0.25, 0.3) is 11.8 Å². The van der Waals surface area contributed by atoms with Crippen LogP contribution in [0.15, 0.2) is 78.5 Å². The van der Waals surface area contributed by atoms with E-state index in [1.54, 1.807) is 73.8 Å². The van der Waals surface area contributed by atoms with Crippen molar-refractivity contribution in [3.63, 3.8) is 0 Å². The van der Waals surface area contributed by atoms with Gasteiger partial charge < -0.3 is 14.8 Å². The van der Waals surface area contributed by atoms with E-state index in [-0.39, 0.29) is 23.4 Å². The Hall–Kier alpha value is -4.13. The van der Waals surface area contributed by atoms with Crippen molar-refractivity contribution in [1.82, 2.24) is 4.90 Å². The maximum Gasteiger partial charge on any atom is 0.278 e. The summed E-state index contributed by atoms with van der Waals surface area (Å²) in [5, 5.41) is 3.08. The smallest absolute Gasteiger partial charge is 0.278 e. The monoisotopic (exact) mass is 446 g/mol. The molecule has 3 aromatic carbocycles. The number of methoxy groups -OCH3 is 1. The van der Waals surface area contributed by atoms with Gasteiger partial charge in [-0.1, -0.05) is 30.3 Å². The highest BCUT2D eigenvalue weighted by Crippen LogP contribution is 2.33. The first-order valence-corrected chi connectivity index (χ1v) is 10.5. The molecule has 0 atom stereocenters. The van der Waals surface area contributed by atoms with E-state index in [0.29, 0.717) is 29.4 Å². The van der Waals surface area contributed by atoms with Gasteiger partial charge in [-0.05, 0) is 55.0 Å². The first kappa shape index (κ1) is 22.1. The average Bonchev–Trinajstić information content (AvgIpc) is 3.06. The molecule has 0 aromatic heterocycles. The fourth-order valence-electron chi connectivity index (χ4n) is 3.60. The number of hydrogen-bond acceptors (Lipinski definition) is 5. The van der Waals surface area contributed by atoms with E-state index >= 15 is 0 Å². The summed E-state index contributed by atoms with van der Waals surface area (Å²) in [7, 11) is 1.56. The summed E-state index contributed by atoms with van der Waals surface area (Å²) in [6.45, 7) is 2.23. The van der Waals surface area contributed by atoms with Crippen LogP contribution in [0.4, 0.5) is 10.1 Å². The Morgan fingerprint density at radius 1 is 0.879 bits per heavy atom. The molecule has 7 heteroatoms. The Morgan fingerprint density at radius 3 is 2.18 bits per heavy atom. The molecule has 0 fully saturated rings. The summed E-state index contributed by atoms with van der Waals surface area (Å²) in [6.07, 6.45) is 0. The number of ether oxygens (including phenoxy) is 2. The molecule has 1 heterocycles. The van der Waals surface area contributed by atoms with Crippen molar-refractivity contribution in [3.05, 3.63) is 95.4 Å². The zero-order valence-corrected chi connectivity index (χ0v) is 18.3. The minimum absolute atomic E-state index is 0.130. The molecule has 0 saturated carbocycles. The van der Waals surface area contributed by atoms with Crippen molar-refractivity contribution in [2.24, 2.45) is 0 Å². The van der Waals surface area contributed by atoms with E-state index in [1.807, 2.05) is 6.92 Å². The molecule has 0 bridgehead atoms. The van der Waals surface area contributed by atoms with Crippen molar-refractivity contribution >= 4 is 23.1 Å². The van der Waals surface area contributed by atoms with Crippen LogP contribution in [-0.4, -0.2) is 30.4 Å². The predicted octanol–water partition coefficient (Wildman–Crippen LogP) is 4.63. The molecule has 0 spiro atoms. The molecule has 4 rings (SSSR count). The molecule has 0 unspecified atom stereocenters. The van der Waals surface area contributed by atoms with Gasteiger partial charge in [0.05, 0.1) is 25.8 Å². The summed E-state index contributed by atoms with van der Waals surface area (Å²) >= 11 is 0. The Kier molecular flexibility index (Phi) is 6.40. The second-order valence-electron chi connectivity index (χ2n) is 7.35. The lowest BCUT2D eigenvalue weighted by Gasteiger charge is -2.16. The number of anilines is 1. The fraction of sp³-hybridized carbons (Fsp3) is 0.154. The quantitative estimate of drug-likeness (QED) is 0.511. The minimum Gasteiger partial charge on any atom is -0.497 e. The number of amides is 2. The van der Waals surface area contributed by atoms with Gasteiger partial charge in [0, 0.05) is 11.3 Å². The largest absolute Gasteiger partial charge is 0.497 e. The number of benzene rings is 3. The molecular formula is C26H23FN2O4. The number of halogens is 1. The normalized spacial score (nSPS) is 13.5. The van der Waals surface area contributed by atoms with Crippen molar-refractivity contribution in [3.8, 4) is 11.5 Å². The van der Waals surface area contributed by atoms with Gasteiger partial charge in [-0.3, -0.25) is 14.5 Å². The Morgan fingerprint density at radius 2 is 1.55 bits per heavy atom. The summed E-state index contributed by atoms with van der Waals surface area (Å²) in [5.74, 6) is -0.175. The topological polar surface area (TPSA) is 67.9 Å². The number of rotatable bonds is 8. The molecule has 1 aliphatic rings. The van der Waals surface area contributed by atoms with Gasteiger partial charge in [0.1, 0.15) is 23.0 Å². The number of nitrogens with one attached hydrogen (secondary N) is 1. The minimum atomic E-state index is -0.525. The van der Waals surface area contributed by atoms with Crippen LogP contribution in [0.1, 0.15) is 18.1 Å². The number of nitrogens with zero attached hydrogens (tertiary/aromatic N) is 1. The van der Waals surface area contributed by atoms with Gasteiger partial charge in [0.15, 0.2) is 0 Å². The molecule has 0 radical (unpaired) electrons. The molecule has 168 valence electrons. The molecule has 0 aliphatic carbocycles. The van der Waals surface area contributed by atoms with Gasteiger partial charge in [-0.2, -0.15) is 0 Å². The van der Waals surface area contributed by atoms with Crippen LogP contribution in [0.2, 0.25) is 0 Å². The van der Waals surface area contributed by atoms with Gasteiger partial charge in [0.2, 0.25) is 0 Å².